The molecule has 0 aliphatic carbocycles. The van der Waals surface area contributed by atoms with Gasteiger partial charge in [0.25, 0.3) is 0 Å². The van der Waals surface area contributed by atoms with Crippen LogP contribution >= 0.6 is 11.6 Å². The summed E-state index contributed by atoms with van der Waals surface area (Å²) in [6.07, 6.45) is -1.34. The summed E-state index contributed by atoms with van der Waals surface area (Å²) in [6, 6.07) is 12.8. The molecule has 0 aliphatic heterocycles. The number of aryl methyl sites for hydroxylation is 1. The van der Waals surface area contributed by atoms with Crippen LogP contribution in [0.1, 0.15) is 27.8 Å². The Hall–Kier alpha value is -2.37. The van der Waals surface area contributed by atoms with Crippen molar-refractivity contribution in [3.8, 4) is 0 Å². The number of aliphatic hydroxyl groups is 1. The summed E-state index contributed by atoms with van der Waals surface area (Å²) in [6.45, 7) is 1.81. The highest BCUT2D eigenvalue weighted by molar-refractivity contribution is 6.30. The first-order valence-corrected chi connectivity index (χ1v) is 8.18. The third kappa shape index (κ3) is 3.32. The molecule has 0 radical (unpaired) electrons. The SMILES string of the molecule is Cc1ccncc1C(O)(c1ccc(Cl)cc1)c1ccc(C(F)(F)F)cc1. The van der Waals surface area contributed by atoms with Gasteiger partial charge in [0.05, 0.1) is 5.56 Å². The number of alkyl halides is 3. The second-order valence-electron chi connectivity index (χ2n) is 5.98. The van der Waals surface area contributed by atoms with Crippen molar-refractivity contribution in [2.24, 2.45) is 0 Å². The molecule has 1 unspecified atom stereocenters. The van der Waals surface area contributed by atoms with Crippen LogP contribution < -0.4 is 0 Å². The maximum absolute atomic E-state index is 12.9. The van der Waals surface area contributed by atoms with Gasteiger partial charge in [0.2, 0.25) is 0 Å². The summed E-state index contributed by atoms with van der Waals surface area (Å²) in [5.74, 6) is 0. The van der Waals surface area contributed by atoms with E-state index in [4.69, 9.17) is 11.6 Å². The van der Waals surface area contributed by atoms with Crippen LogP contribution in [0.15, 0.2) is 67.0 Å². The predicted molar refractivity (Wildman–Crippen MR) is 94.0 cm³/mol. The molecule has 0 amide bonds. The van der Waals surface area contributed by atoms with E-state index in [1.54, 1.807) is 36.5 Å². The Labute approximate surface area is 153 Å². The quantitative estimate of drug-likeness (QED) is 0.667. The van der Waals surface area contributed by atoms with Gasteiger partial charge in [0.1, 0.15) is 5.60 Å². The van der Waals surface area contributed by atoms with Crippen LogP contribution in [0.4, 0.5) is 13.2 Å². The molecule has 6 heteroatoms. The Balaban J connectivity index is 2.21. The molecule has 0 saturated heterocycles. The summed E-state index contributed by atoms with van der Waals surface area (Å²) < 4.78 is 38.7. The van der Waals surface area contributed by atoms with Crippen LogP contribution in [-0.4, -0.2) is 10.1 Å². The summed E-state index contributed by atoms with van der Waals surface area (Å²) >= 11 is 5.94. The van der Waals surface area contributed by atoms with Gasteiger partial charge in [-0.1, -0.05) is 35.9 Å². The van der Waals surface area contributed by atoms with Gasteiger partial charge in [-0.15, -0.1) is 0 Å². The lowest BCUT2D eigenvalue weighted by molar-refractivity contribution is -0.137. The van der Waals surface area contributed by atoms with Gasteiger partial charge < -0.3 is 5.11 Å². The van der Waals surface area contributed by atoms with Crippen molar-refractivity contribution >= 4 is 11.6 Å². The third-order valence-electron chi connectivity index (χ3n) is 4.32. The Kier molecular flexibility index (Phi) is 4.78. The van der Waals surface area contributed by atoms with Crippen molar-refractivity contribution < 1.29 is 18.3 Å². The largest absolute Gasteiger partial charge is 0.416 e. The Bertz CT molecular complexity index is 908. The van der Waals surface area contributed by atoms with Gasteiger partial charge in [-0.25, -0.2) is 0 Å². The van der Waals surface area contributed by atoms with Crippen LogP contribution in [0.3, 0.4) is 0 Å². The monoisotopic (exact) mass is 377 g/mol. The van der Waals surface area contributed by atoms with Crippen LogP contribution in [0.2, 0.25) is 5.02 Å². The van der Waals surface area contributed by atoms with Crippen molar-refractivity contribution in [3.63, 3.8) is 0 Å². The maximum Gasteiger partial charge on any atom is 0.416 e. The van der Waals surface area contributed by atoms with Crippen LogP contribution in [-0.2, 0) is 11.8 Å². The number of benzene rings is 2. The Morgan fingerprint density at radius 2 is 1.35 bits per heavy atom. The fraction of sp³-hybridized carbons (Fsp3) is 0.150. The Morgan fingerprint density at radius 1 is 0.846 bits per heavy atom. The van der Waals surface area contributed by atoms with Gasteiger partial charge in [-0.05, 0) is 53.9 Å². The molecule has 0 bridgehead atoms. The average Bonchev–Trinajstić information content (AvgIpc) is 2.61. The maximum atomic E-state index is 12.9. The number of aromatic nitrogens is 1. The van der Waals surface area contributed by atoms with Crippen LogP contribution in [0.5, 0.6) is 0 Å². The topological polar surface area (TPSA) is 33.1 Å². The van der Waals surface area contributed by atoms with Crippen LogP contribution in [0, 0.1) is 6.92 Å². The first-order valence-electron chi connectivity index (χ1n) is 7.80. The van der Waals surface area contributed by atoms with Crippen molar-refractivity contribution in [2.45, 2.75) is 18.7 Å². The highest BCUT2D eigenvalue weighted by Gasteiger charge is 2.37. The van der Waals surface area contributed by atoms with Gasteiger partial charge in [0, 0.05) is 23.0 Å². The van der Waals surface area contributed by atoms with Crippen LogP contribution in [0.25, 0.3) is 0 Å². The fourth-order valence-electron chi connectivity index (χ4n) is 2.91. The molecule has 2 nitrogen and oxygen atoms in total. The highest BCUT2D eigenvalue weighted by atomic mass is 35.5. The average molecular weight is 378 g/mol. The molecular weight excluding hydrogens is 363 g/mol. The minimum absolute atomic E-state index is 0.309. The molecule has 0 spiro atoms. The molecule has 3 rings (SSSR count). The number of pyridine rings is 1. The van der Waals surface area contributed by atoms with E-state index in [1.807, 2.05) is 6.92 Å². The van der Waals surface area contributed by atoms with Gasteiger partial charge in [0.15, 0.2) is 0 Å². The highest BCUT2D eigenvalue weighted by Crippen LogP contribution is 2.39. The molecule has 0 aliphatic rings. The molecule has 2 aromatic carbocycles. The van der Waals surface area contributed by atoms with Crippen molar-refractivity contribution in [2.75, 3.05) is 0 Å². The summed E-state index contributed by atoms with van der Waals surface area (Å²) in [7, 11) is 0. The lowest BCUT2D eigenvalue weighted by Gasteiger charge is -2.31. The van der Waals surface area contributed by atoms with E-state index in [-0.39, 0.29) is 0 Å². The zero-order chi connectivity index (χ0) is 18.9. The molecule has 1 aromatic heterocycles. The minimum atomic E-state index is -4.44. The van der Waals surface area contributed by atoms with E-state index in [2.05, 4.69) is 4.98 Å². The zero-order valence-corrected chi connectivity index (χ0v) is 14.5. The molecule has 26 heavy (non-hydrogen) atoms. The van der Waals surface area contributed by atoms with E-state index in [0.29, 0.717) is 21.7 Å². The lowest BCUT2D eigenvalue weighted by atomic mass is 9.79. The van der Waals surface area contributed by atoms with Crippen molar-refractivity contribution in [3.05, 3.63) is 99.8 Å². The standard InChI is InChI=1S/C20H15ClF3NO/c1-13-10-11-25-12-18(13)19(26,15-6-8-17(21)9-7-15)14-2-4-16(5-3-14)20(22,23)24/h2-12,26H,1H3. The number of halogens is 4. The Morgan fingerprint density at radius 3 is 1.85 bits per heavy atom. The zero-order valence-electron chi connectivity index (χ0n) is 13.8. The molecule has 0 saturated carbocycles. The normalized spacial score (nSPS) is 14.1. The first kappa shape index (κ1) is 18.4. The van der Waals surface area contributed by atoms with E-state index >= 15 is 0 Å². The first-order chi connectivity index (χ1) is 12.2. The number of hydrogen-bond acceptors (Lipinski definition) is 2. The van der Waals surface area contributed by atoms with Gasteiger partial charge >= 0.3 is 6.18 Å². The van der Waals surface area contributed by atoms with E-state index in [9.17, 15) is 18.3 Å². The minimum Gasteiger partial charge on any atom is -0.376 e. The molecular formula is C20H15ClF3NO. The fourth-order valence-corrected chi connectivity index (χ4v) is 3.04. The van der Waals surface area contributed by atoms with Crippen molar-refractivity contribution in [1.82, 2.24) is 4.98 Å². The van der Waals surface area contributed by atoms with E-state index < -0.39 is 17.3 Å². The molecule has 0 fully saturated rings. The second-order valence-corrected chi connectivity index (χ2v) is 6.42. The molecule has 1 atom stereocenters. The van der Waals surface area contributed by atoms with Gasteiger partial charge in [-0.2, -0.15) is 13.2 Å². The molecule has 1 N–H and O–H groups in total. The van der Waals surface area contributed by atoms with Crippen molar-refractivity contribution in [1.29, 1.82) is 0 Å². The molecule has 134 valence electrons. The number of rotatable bonds is 3. The third-order valence-corrected chi connectivity index (χ3v) is 4.57. The van der Waals surface area contributed by atoms with Gasteiger partial charge in [-0.3, -0.25) is 4.98 Å². The smallest absolute Gasteiger partial charge is 0.376 e. The lowest BCUT2D eigenvalue weighted by Crippen LogP contribution is -2.30. The summed E-state index contributed by atoms with van der Waals surface area (Å²) in [4.78, 5) is 4.07. The van der Waals surface area contributed by atoms with E-state index in [0.717, 1.165) is 17.7 Å². The summed E-state index contributed by atoms with van der Waals surface area (Å²) in [5, 5.41) is 12.1. The number of nitrogens with zero attached hydrogens (tertiary/aromatic N) is 1. The molecule has 1 heterocycles. The second kappa shape index (κ2) is 6.74. The molecule has 3 aromatic rings. The van der Waals surface area contributed by atoms with E-state index in [1.165, 1.54) is 18.3 Å². The summed E-state index contributed by atoms with van der Waals surface area (Å²) in [5.41, 5.74) is -0.392. The predicted octanol–water partition coefficient (Wildman–Crippen LogP) is 5.35. The number of hydrogen-bond donors (Lipinski definition) is 1.